The Kier molecular flexibility index (Phi) is 17.9. The fourth-order valence-corrected chi connectivity index (χ4v) is 1.16. The van der Waals surface area contributed by atoms with Gasteiger partial charge in [-0.3, -0.25) is 14.4 Å². The van der Waals surface area contributed by atoms with Crippen molar-refractivity contribution in [3.63, 3.8) is 0 Å². The molecule has 0 amide bonds. The van der Waals surface area contributed by atoms with Crippen LogP contribution in [0.2, 0.25) is 0 Å². The number of rotatable bonds is 6. The Hall–Kier alpha value is -1.83. The second-order valence-corrected chi connectivity index (χ2v) is 7.29. The van der Waals surface area contributed by atoms with Crippen LogP contribution in [0, 0.1) is 0 Å². The molecule has 0 unspecified atom stereocenters. The van der Waals surface area contributed by atoms with E-state index < -0.39 is 41.1 Å². The summed E-state index contributed by atoms with van der Waals surface area (Å²) in [6, 6.07) is 9.36. The van der Waals surface area contributed by atoms with E-state index in [1.54, 1.807) is 0 Å². The summed E-state index contributed by atoms with van der Waals surface area (Å²) >= 11 is 0. The van der Waals surface area contributed by atoms with Gasteiger partial charge >= 0.3 is 17.9 Å². The maximum Gasteiger partial charge on any atom is 0.325 e. The smallest absolute Gasteiger partial charge is 0.325 e. The molecule has 176 valence electrons. The molecule has 1 rings (SSSR count). The lowest BCUT2D eigenvalue weighted by Crippen LogP contribution is -2.48. The molecule has 0 aliphatic rings. The number of carboxylic acid groups (broad SMARTS) is 3. The van der Waals surface area contributed by atoms with Gasteiger partial charge in [0.25, 0.3) is 0 Å². The fourth-order valence-electron chi connectivity index (χ4n) is 1.16. The Morgan fingerprint density at radius 2 is 1.10 bits per heavy atom. The molecule has 1 aromatic carbocycles. The van der Waals surface area contributed by atoms with Crippen LogP contribution in [-0.2, 0) is 20.8 Å². The molecule has 0 aromatic heterocycles. The number of aliphatic carboxylic acids is 3. The average Bonchev–Trinajstić information content (AvgIpc) is 2.55. The van der Waals surface area contributed by atoms with Gasteiger partial charge in [0.05, 0.1) is 6.61 Å². The lowest BCUT2D eigenvalue weighted by Gasteiger charge is -2.18. The SMILES string of the molecule is CC(C)(N)C(=O)O.C[C@](N)(CO)C(=O)O.C[C@](N)(Cc1ccccc1)C(=O)O.S.S. The van der Waals surface area contributed by atoms with Crippen LogP contribution in [0.1, 0.15) is 33.3 Å². The summed E-state index contributed by atoms with van der Waals surface area (Å²) in [6.45, 7) is 5.10. The highest BCUT2D eigenvalue weighted by molar-refractivity contribution is 7.59. The standard InChI is InChI=1S/C10H13NO2.C4H9NO3.C4H9NO2.2H2S/c1-10(11,9(12)13)7-8-5-3-2-4-6-8;1-4(5,2-6)3(7)8;1-4(2,5)3(6)7;;/h2-6H,7,11H2,1H3,(H,12,13);6H,2,5H2,1H3,(H,7,8);5H2,1-2H3,(H,6,7);2*1H2/t10-;4-;;;/m00.../s1. The van der Waals surface area contributed by atoms with Gasteiger partial charge in [-0.2, -0.15) is 27.0 Å². The number of aliphatic hydroxyl groups excluding tert-OH is 1. The van der Waals surface area contributed by atoms with Crippen molar-refractivity contribution in [3.05, 3.63) is 35.9 Å². The quantitative estimate of drug-likeness (QED) is 0.292. The van der Waals surface area contributed by atoms with Crippen molar-refractivity contribution in [1.82, 2.24) is 0 Å². The minimum atomic E-state index is -1.49. The number of carboxylic acids is 3. The molecular formula is C18H35N3O7S2. The third-order valence-electron chi connectivity index (χ3n) is 3.27. The fraction of sp³-hybridized carbons (Fsp3) is 0.500. The molecule has 10 N–H and O–H groups in total. The van der Waals surface area contributed by atoms with E-state index in [1.807, 2.05) is 30.3 Å². The second kappa shape index (κ2) is 15.0. The van der Waals surface area contributed by atoms with Crippen molar-refractivity contribution in [2.24, 2.45) is 17.2 Å². The molecule has 0 spiro atoms. The third kappa shape index (κ3) is 16.0. The number of nitrogens with two attached hydrogens (primary N) is 3. The van der Waals surface area contributed by atoms with Gasteiger partial charge in [-0.05, 0) is 33.3 Å². The van der Waals surface area contributed by atoms with Crippen molar-refractivity contribution >= 4 is 44.9 Å². The first-order chi connectivity index (χ1) is 12.5. The molecular weight excluding hydrogens is 434 g/mol. The molecule has 30 heavy (non-hydrogen) atoms. The minimum Gasteiger partial charge on any atom is -0.480 e. The minimum absolute atomic E-state index is 0. The normalized spacial score (nSPS) is 13.7. The van der Waals surface area contributed by atoms with Crippen LogP contribution < -0.4 is 17.2 Å². The summed E-state index contributed by atoms with van der Waals surface area (Å²) in [4.78, 5) is 30.6. The molecule has 0 radical (unpaired) electrons. The van der Waals surface area contributed by atoms with Crippen molar-refractivity contribution < 1.29 is 34.8 Å². The van der Waals surface area contributed by atoms with E-state index in [4.69, 9.17) is 37.6 Å². The van der Waals surface area contributed by atoms with E-state index in [2.05, 4.69) is 0 Å². The zero-order valence-electron chi connectivity index (χ0n) is 17.5. The largest absolute Gasteiger partial charge is 0.480 e. The Bertz CT molecular complexity index is 649. The Morgan fingerprint density at radius 3 is 1.30 bits per heavy atom. The monoisotopic (exact) mass is 469 g/mol. The molecule has 0 fully saturated rings. The zero-order chi connectivity index (χ0) is 22.8. The number of carbonyl (C=O) groups is 3. The van der Waals surface area contributed by atoms with Crippen LogP contribution in [0.25, 0.3) is 0 Å². The summed E-state index contributed by atoms with van der Waals surface area (Å²) in [6.07, 6.45) is 0.350. The van der Waals surface area contributed by atoms with Gasteiger partial charge in [0.1, 0.15) is 16.6 Å². The van der Waals surface area contributed by atoms with E-state index in [-0.39, 0.29) is 27.0 Å². The first kappa shape index (κ1) is 35.6. The molecule has 0 aliphatic heterocycles. The van der Waals surface area contributed by atoms with E-state index in [0.29, 0.717) is 6.42 Å². The molecule has 0 bridgehead atoms. The summed E-state index contributed by atoms with van der Waals surface area (Å²) in [5.41, 5.74) is 12.9. The van der Waals surface area contributed by atoms with Gasteiger partial charge in [0, 0.05) is 6.42 Å². The Labute approximate surface area is 190 Å². The van der Waals surface area contributed by atoms with Crippen LogP contribution in [0.5, 0.6) is 0 Å². The predicted molar refractivity (Wildman–Crippen MR) is 124 cm³/mol. The predicted octanol–water partition coefficient (Wildman–Crippen LogP) is -0.154. The van der Waals surface area contributed by atoms with Crippen LogP contribution in [-0.4, -0.2) is 61.6 Å². The summed E-state index contributed by atoms with van der Waals surface area (Å²) in [5, 5.41) is 33.3. The maximum atomic E-state index is 10.7. The Morgan fingerprint density at radius 1 is 0.767 bits per heavy atom. The molecule has 10 nitrogen and oxygen atoms in total. The molecule has 0 saturated heterocycles. The second-order valence-electron chi connectivity index (χ2n) is 7.29. The van der Waals surface area contributed by atoms with Gasteiger partial charge in [-0.25, -0.2) is 0 Å². The number of hydrogen-bond acceptors (Lipinski definition) is 7. The highest BCUT2D eigenvalue weighted by Gasteiger charge is 2.27. The summed E-state index contributed by atoms with van der Waals surface area (Å²) in [5.74, 6) is -3.15. The van der Waals surface area contributed by atoms with E-state index >= 15 is 0 Å². The molecule has 12 heteroatoms. The van der Waals surface area contributed by atoms with Crippen LogP contribution in [0.3, 0.4) is 0 Å². The summed E-state index contributed by atoms with van der Waals surface area (Å²) in [7, 11) is 0. The van der Waals surface area contributed by atoms with Crippen molar-refractivity contribution in [1.29, 1.82) is 0 Å². The first-order valence-electron chi connectivity index (χ1n) is 8.19. The lowest BCUT2D eigenvalue weighted by molar-refractivity contribution is -0.144. The highest BCUT2D eigenvalue weighted by atomic mass is 32.1. The molecule has 0 saturated carbocycles. The van der Waals surface area contributed by atoms with Gasteiger partial charge in [-0.1, -0.05) is 30.3 Å². The Balaban J connectivity index is -0.000000175. The number of aliphatic hydroxyl groups is 1. The number of hydrogen-bond donors (Lipinski definition) is 7. The van der Waals surface area contributed by atoms with Gasteiger partial charge in [0.15, 0.2) is 0 Å². The van der Waals surface area contributed by atoms with Crippen LogP contribution >= 0.6 is 27.0 Å². The van der Waals surface area contributed by atoms with E-state index in [0.717, 1.165) is 5.56 Å². The molecule has 1 aromatic rings. The average molecular weight is 470 g/mol. The van der Waals surface area contributed by atoms with Crippen molar-refractivity contribution in [2.75, 3.05) is 6.61 Å². The molecule has 0 aliphatic carbocycles. The maximum absolute atomic E-state index is 10.7. The first-order valence-corrected chi connectivity index (χ1v) is 8.19. The van der Waals surface area contributed by atoms with Gasteiger partial charge < -0.3 is 37.6 Å². The van der Waals surface area contributed by atoms with Crippen LogP contribution in [0.15, 0.2) is 30.3 Å². The van der Waals surface area contributed by atoms with Crippen molar-refractivity contribution in [3.8, 4) is 0 Å². The zero-order valence-corrected chi connectivity index (χ0v) is 19.5. The topological polar surface area (TPSA) is 210 Å². The third-order valence-corrected chi connectivity index (χ3v) is 3.27. The molecule has 2 atom stereocenters. The highest BCUT2D eigenvalue weighted by Crippen LogP contribution is 2.10. The molecule has 0 heterocycles. The number of benzene rings is 1. The summed E-state index contributed by atoms with van der Waals surface area (Å²) < 4.78 is 0. The van der Waals surface area contributed by atoms with Crippen LogP contribution in [0.4, 0.5) is 0 Å². The van der Waals surface area contributed by atoms with E-state index in [1.165, 1.54) is 27.7 Å². The van der Waals surface area contributed by atoms with E-state index in [9.17, 15) is 14.4 Å². The lowest BCUT2D eigenvalue weighted by atomic mass is 9.94. The van der Waals surface area contributed by atoms with Gasteiger partial charge in [-0.15, -0.1) is 0 Å². The van der Waals surface area contributed by atoms with Gasteiger partial charge in [0.2, 0.25) is 0 Å². The van der Waals surface area contributed by atoms with Crippen molar-refractivity contribution in [2.45, 2.75) is 50.7 Å².